The summed E-state index contributed by atoms with van der Waals surface area (Å²) >= 11 is 0. The van der Waals surface area contributed by atoms with Crippen LogP contribution in [0.4, 0.5) is 0 Å². The van der Waals surface area contributed by atoms with Crippen LogP contribution in [0.2, 0.25) is 0 Å². The largest absolute Gasteiger partial charge is 0.493 e. The minimum Gasteiger partial charge on any atom is -0.493 e. The van der Waals surface area contributed by atoms with E-state index in [0.29, 0.717) is 43.3 Å². The molecule has 6 atom stereocenters. The van der Waals surface area contributed by atoms with E-state index >= 15 is 0 Å². The lowest BCUT2D eigenvalue weighted by Crippen LogP contribution is -2.45. The summed E-state index contributed by atoms with van der Waals surface area (Å²) < 4.78 is 38.9. The first kappa shape index (κ1) is 28.1. The monoisotopic (exact) mass is 527 g/mol. The number of hydrogen-bond donors (Lipinski definition) is 0. The van der Waals surface area contributed by atoms with Gasteiger partial charge in [0.1, 0.15) is 5.75 Å². The predicted octanol–water partition coefficient (Wildman–Crippen LogP) is 6.53. The summed E-state index contributed by atoms with van der Waals surface area (Å²) in [7, 11) is -3.15. The van der Waals surface area contributed by atoms with Crippen molar-refractivity contribution in [1.82, 2.24) is 0 Å². The lowest BCUT2D eigenvalue weighted by Gasteiger charge is -2.41. The van der Waals surface area contributed by atoms with Gasteiger partial charge in [-0.15, -0.1) is 0 Å². The molecule has 1 saturated heterocycles. The van der Waals surface area contributed by atoms with Gasteiger partial charge < -0.3 is 9.47 Å². The van der Waals surface area contributed by atoms with Crippen LogP contribution in [0.1, 0.15) is 70.0 Å². The van der Waals surface area contributed by atoms with Crippen molar-refractivity contribution in [3.05, 3.63) is 53.6 Å². The molecule has 6 unspecified atom stereocenters. The number of nitrogens with zero attached hydrogens (tertiary/aromatic N) is 1. The van der Waals surface area contributed by atoms with Gasteiger partial charge in [0.2, 0.25) is 0 Å². The third-order valence-corrected chi connectivity index (χ3v) is 10.6. The second kappa shape index (κ2) is 11.9. The molecule has 0 aromatic heterocycles. The molecule has 0 bridgehead atoms. The van der Waals surface area contributed by atoms with E-state index in [1.807, 2.05) is 18.4 Å². The Bertz CT molecular complexity index is 1120. The molecule has 0 radical (unpaired) electrons. The summed E-state index contributed by atoms with van der Waals surface area (Å²) in [6.45, 7) is 14.0. The molecular weight excluding hydrogens is 482 g/mol. The van der Waals surface area contributed by atoms with E-state index in [2.05, 4.69) is 57.5 Å². The molecule has 5 nitrogen and oxygen atoms in total. The number of sulfone groups is 1. The Morgan fingerprint density at radius 2 is 2.14 bits per heavy atom. The Kier molecular flexibility index (Phi) is 9.00. The molecule has 1 aliphatic carbocycles. The van der Waals surface area contributed by atoms with Crippen molar-refractivity contribution in [2.45, 2.75) is 65.8 Å². The van der Waals surface area contributed by atoms with Crippen LogP contribution in [0.3, 0.4) is 0 Å². The minimum absolute atomic E-state index is 0.0344. The van der Waals surface area contributed by atoms with Crippen molar-refractivity contribution in [3.63, 3.8) is 0 Å². The summed E-state index contributed by atoms with van der Waals surface area (Å²) in [4.78, 5) is 4.67. The van der Waals surface area contributed by atoms with Crippen LogP contribution in [0.15, 0.2) is 47.5 Å². The van der Waals surface area contributed by atoms with Crippen molar-refractivity contribution in [1.29, 1.82) is 0 Å². The number of benzene rings is 1. The van der Waals surface area contributed by atoms with Crippen LogP contribution in [-0.4, -0.2) is 46.0 Å². The van der Waals surface area contributed by atoms with E-state index in [0.717, 1.165) is 42.6 Å². The fourth-order valence-electron chi connectivity index (χ4n) is 6.12. The molecule has 3 aliphatic rings. The fourth-order valence-corrected chi connectivity index (χ4v) is 8.51. The molecule has 4 rings (SSSR count). The number of allylic oxidation sites excluding steroid dienone is 2. The smallest absolute Gasteiger partial charge is 0.150 e. The van der Waals surface area contributed by atoms with Gasteiger partial charge in [-0.1, -0.05) is 58.1 Å². The van der Waals surface area contributed by atoms with Crippen LogP contribution in [0.25, 0.3) is 0 Å². The Labute approximate surface area is 224 Å². The van der Waals surface area contributed by atoms with Crippen molar-refractivity contribution in [3.8, 4) is 5.75 Å². The normalized spacial score (nSPS) is 30.4. The van der Waals surface area contributed by atoms with Crippen LogP contribution >= 0.6 is 0 Å². The maximum Gasteiger partial charge on any atom is 0.150 e. The molecule has 2 fully saturated rings. The van der Waals surface area contributed by atoms with Crippen LogP contribution in [-0.2, 0) is 14.6 Å². The van der Waals surface area contributed by atoms with E-state index in [4.69, 9.17) is 9.47 Å². The summed E-state index contributed by atoms with van der Waals surface area (Å²) in [6.07, 6.45) is 10.7. The molecule has 2 aliphatic heterocycles. The Balaban J connectivity index is 1.39. The van der Waals surface area contributed by atoms with E-state index in [1.165, 1.54) is 12.0 Å². The molecule has 204 valence electrons. The lowest BCUT2D eigenvalue weighted by atomic mass is 9.76. The maximum absolute atomic E-state index is 13.4. The van der Waals surface area contributed by atoms with Gasteiger partial charge in [0.15, 0.2) is 9.84 Å². The number of rotatable bonds is 12. The van der Waals surface area contributed by atoms with Gasteiger partial charge in [-0.05, 0) is 79.0 Å². The zero-order valence-electron chi connectivity index (χ0n) is 23.1. The number of aliphatic imine (C=N–C) groups is 1. The average molecular weight is 528 g/mol. The van der Waals surface area contributed by atoms with Gasteiger partial charge in [-0.25, -0.2) is 8.42 Å². The van der Waals surface area contributed by atoms with E-state index in [-0.39, 0.29) is 23.1 Å². The van der Waals surface area contributed by atoms with Gasteiger partial charge in [0, 0.05) is 18.2 Å². The average Bonchev–Trinajstić information content (AvgIpc) is 3.61. The first-order valence-corrected chi connectivity index (χ1v) is 15.8. The maximum atomic E-state index is 13.4. The van der Waals surface area contributed by atoms with Gasteiger partial charge >= 0.3 is 0 Å². The standard InChI is InChI=1S/C31H45NO4S/c1-6-8-26(28-16-22(28)3)18-37(33,34)19-27-13-14-35-20-31(27,5)21-36-30-12-10-25(15-23(30)4)29-11-9-24(7-2)17-32-29/h7,9-10,12,15,17,22,26-29H,2,6,8,11,13-14,16,18-21H2,1,3-5H3. The summed E-state index contributed by atoms with van der Waals surface area (Å²) in [5.74, 6) is 3.00. The summed E-state index contributed by atoms with van der Waals surface area (Å²) in [5.41, 5.74) is 2.96. The molecule has 37 heavy (non-hydrogen) atoms. The molecule has 0 amide bonds. The number of aryl methyl sites for hydroxylation is 1. The highest BCUT2D eigenvalue weighted by atomic mass is 32.2. The molecular formula is C31H45NO4S. The Hall–Kier alpha value is -1.92. The topological polar surface area (TPSA) is 65.0 Å². The summed E-state index contributed by atoms with van der Waals surface area (Å²) in [5, 5.41) is 0. The number of dihydropyridines is 1. The van der Waals surface area contributed by atoms with Gasteiger partial charge in [-0.3, -0.25) is 4.99 Å². The second-order valence-corrected chi connectivity index (χ2v) is 14.1. The third kappa shape index (κ3) is 7.14. The lowest BCUT2D eigenvalue weighted by molar-refractivity contribution is -0.0566. The van der Waals surface area contributed by atoms with Crippen LogP contribution < -0.4 is 4.74 Å². The first-order chi connectivity index (χ1) is 17.6. The molecule has 0 N–H and O–H groups in total. The molecule has 0 spiro atoms. The molecule has 1 saturated carbocycles. The zero-order chi connectivity index (χ0) is 26.6. The third-order valence-electron chi connectivity index (χ3n) is 8.75. The summed E-state index contributed by atoms with van der Waals surface area (Å²) in [6, 6.07) is 6.38. The first-order valence-electron chi connectivity index (χ1n) is 14.0. The van der Waals surface area contributed by atoms with Crippen molar-refractivity contribution >= 4 is 16.1 Å². The van der Waals surface area contributed by atoms with Gasteiger partial charge in [-0.2, -0.15) is 0 Å². The Morgan fingerprint density at radius 1 is 1.35 bits per heavy atom. The van der Waals surface area contributed by atoms with Crippen molar-refractivity contribution in [2.75, 3.05) is 31.3 Å². The van der Waals surface area contributed by atoms with Crippen molar-refractivity contribution < 1.29 is 17.9 Å². The molecule has 2 heterocycles. The number of hydrogen-bond acceptors (Lipinski definition) is 5. The van der Waals surface area contributed by atoms with Gasteiger partial charge in [0.25, 0.3) is 0 Å². The fraction of sp³-hybridized carbons (Fsp3) is 0.645. The highest BCUT2D eigenvalue weighted by Crippen LogP contribution is 2.46. The highest BCUT2D eigenvalue weighted by Gasteiger charge is 2.44. The second-order valence-electron chi connectivity index (χ2n) is 11.9. The van der Waals surface area contributed by atoms with Crippen LogP contribution in [0.5, 0.6) is 5.75 Å². The van der Waals surface area contributed by atoms with Gasteiger partial charge in [0.05, 0.1) is 30.8 Å². The molecule has 1 aromatic carbocycles. The molecule has 1 aromatic rings. The SMILES string of the molecule is C=CC1=CCC(c2ccc(OCC3(C)COCCC3CS(=O)(=O)CC(CCC)C3CC3C)c(C)c2)N=C1. The van der Waals surface area contributed by atoms with Crippen molar-refractivity contribution in [2.24, 2.45) is 34.1 Å². The Morgan fingerprint density at radius 3 is 2.76 bits per heavy atom. The minimum atomic E-state index is -3.15. The highest BCUT2D eigenvalue weighted by molar-refractivity contribution is 7.91. The quantitative estimate of drug-likeness (QED) is 0.310. The number of ether oxygens (including phenoxy) is 2. The van der Waals surface area contributed by atoms with Crippen LogP contribution in [0, 0.1) is 36.0 Å². The molecule has 6 heteroatoms. The van der Waals surface area contributed by atoms with E-state index in [9.17, 15) is 8.42 Å². The van der Waals surface area contributed by atoms with E-state index in [1.54, 1.807) is 0 Å². The van der Waals surface area contributed by atoms with E-state index < -0.39 is 9.84 Å². The predicted molar refractivity (Wildman–Crippen MR) is 152 cm³/mol. The zero-order valence-corrected chi connectivity index (χ0v) is 23.9.